The van der Waals surface area contributed by atoms with Crippen LogP contribution >= 0.6 is 23.2 Å². The van der Waals surface area contributed by atoms with Crippen LogP contribution in [0.2, 0.25) is 10.0 Å². The summed E-state index contributed by atoms with van der Waals surface area (Å²) in [5.74, 6) is 0.00385. The van der Waals surface area contributed by atoms with E-state index >= 15 is 0 Å². The fourth-order valence-corrected chi connectivity index (χ4v) is 1.95. The van der Waals surface area contributed by atoms with Crippen molar-refractivity contribution in [2.24, 2.45) is 5.73 Å². The summed E-state index contributed by atoms with van der Waals surface area (Å²) < 4.78 is 14.6. The van der Waals surface area contributed by atoms with Crippen LogP contribution in [0.1, 0.15) is 11.6 Å². The van der Waals surface area contributed by atoms with Crippen LogP contribution in [0.4, 0.5) is 0 Å². The highest BCUT2D eigenvalue weighted by molar-refractivity contribution is 6.34. The Morgan fingerprint density at radius 3 is 2.58 bits per heavy atom. The van der Waals surface area contributed by atoms with E-state index in [9.17, 15) is 4.79 Å². The summed E-state index contributed by atoms with van der Waals surface area (Å²) in [6.07, 6.45) is 0. The number of carbonyl (C=O) groups is 1. The van der Waals surface area contributed by atoms with E-state index < -0.39 is 12.0 Å². The first kappa shape index (κ1) is 16.0. The van der Waals surface area contributed by atoms with Crippen LogP contribution < -0.4 is 10.5 Å². The molecule has 0 amide bonds. The van der Waals surface area contributed by atoms with Crippen LogP contribution in [0.3, 0.4) is 0 Å². The van der Waals surface area contributed by atoms with Crippen molar-refractivity contribution < 1.29 is 19.0 Å². The smallest absolute Gasteiger partial charge is 0.331 e. The molecule has 0 saturated heterocycles. The zero-order valence-corrected chi connectivity index (χ0v) is 12.1. The fraction of sp³-hybridized carbons (Fsp3) is 0.417. The minimum atomic E-state index is -0.499. The highest BCUT2D eigenvalue weighted by atomic mass is 35.5. The van der Waals surface area contributed by atoms with Gasteiger partial charge in [0.05, 0.1) is 31.9 Å². The van der Waals surface area contributed by atoms with Crippen LogP contribution in [0.5, 0.6) is 5.75 Å². The zero-order valence-electron chi connectivity index (χ0n) is 10.6. The Bertz CT molecular complexity index is 454. The van der Waals surface area contributed by atoms with E-state index in [0.717, 1.165) is 0 Å². The van der Waals surface area contributed by atoms with E-state index in [1.165, 1.54) is 14.2 Å². The lowest BCUT2D eigenvalue weighted by Crippen LogP contribution is -2.20. The molecule has 0 heterocycles. The van der Waals surface area contributed by atoms with Gasteiger partial charge in [-0.2, -0.15) is 0 Å². The van der Waals surface area contributed by atoms with Gasteiger partial charge in [0.2, 0.25) is 0 Å². The van der Waals surface area contributed by atoms with Crippen LogP contribution in [0.25, 0.3) is 0 Å². The van der Waals surface area contributed by atoms with Gasteiger partial charge in [-0.05, 0) is 11.6 Å². The minimum Gasteiger partial charge on any atom is -0.495 e. The third-order valence-corrected chi connectivity index (χ3v) is 3.04. The van der Waals surface area contributed by atoms with Crippen LogP contribution in [0.15, 0.2) is 12.1 Å². The molecule has 0 aromatic heterocycles. The van der Waals surface area contributed by atoms with Gasteiger partial charge in [0.25, 0.3) is 0 Å². The second-order valence-electron chi connectivity index (χ2n) is 3.71. The second kappa shape index (κ2) is 7.55. The van der Waals surface area contributed by atoms with Crippen molar-refractivity contribution in [3.8, 4) is 5.75 Å². The molecular formula is C12H15Cl2NO4. The maximum atomic E-state index is 10.9. The highest BCUT2D eigenvalue weighted by Gasteiger charge is 2.15. The number of esters is 1. The van der Waals surface area contributed by atoms with Crippen molar-refractivity contribution in [3.63, 3.8) is 0 Å². The van der Waals surface area contributed by atoms with Gasteiger partial charge in [0.1, 0.15) is 12.4 Å². The van der Waals surface area contributed by atoms with Crippen molar-refractivity contribution in [1.29, 1.82) is 0 Å². The predicted octanol–water partition coefficient (Wildman–Crippen LogP) is 2.19. The van der Waals surface area contributed by atoms with Gasteiger partial charge in [-0.3, -0.25) is 0 Å². The molecule has 1 unspecified atom stereocenters. The Labute approximate surface area is 121 Å². The molecule has 0 spiro atoms. The maximum Gasteiger partial charge on any atom is 0.331 e. The molecule has 0 bridgehead atoms. The average molecular weight is 308 g/mol. The fourth-order valence-electron chi connectivity index (χ4n) is 1.40. The van der Waals surface area contributed by atoms with Gasteiger partial charge < -0.3 is 19.9 Å². The summed E-state index contributed by atoms with van der Waals surface area (Å²) in [5.41, 5.74) is 6.55. The minimum absolute atomic E-state index is 0.122. The van der Waals surface area contributed by atoms with E-state index in [1.54, 1.807) is 12.1 Å². The lowest BCUT2D eigenvalue weighted by molar-refractivity contribution is -0.146. The SMILES string of the molecule is COC(=O)COCC(N)c1cc(Cl)c(OC)cc1Cl. The molecular weight excluding hydrogens is 293 g/mol. The van der Waals surface area contributed by atoms with Crippen LogP contribution in [-0.2, 0) is 14.3 Å². The number of hydrogen-bond donors (Lipinski definition) is 1. The normalized spacial score (nSPS) is 12.1. The molecule has 2 N–H and O–H groups in total. The molecule has 106 valence electrons. The van der Waals surface area contributed by atoms with Crippen molar-refractivity contribution in [1.82, 2.24) is 0 Å². The molecule has 0 aliphatic carbocycles. The van der Waals surface area contributed by atoms with E-state index in [2.05, 4.69) is 4.74 Å². The standard InChI is InChI=1S/C12H15Cl2NO4/c1-17-11-4-8(13)7(3-9(11)14)10(15)5-19-6-12(16)18-2/h3-4,10H,5-6,15H2,1-2H3. The second-order valence-corrected chi connectivity index (χ2v) is 4.52. The highest BCUT2D eigenvalue weighted by Crippen LogP contribution is 2.33. The Morgan fingerprint density at radius 2 is 2.00 bits per heavy atom. The van der Waals surface area contributed by atoms with Crippen molar-refractivity contribution in [2.75, 3.05) is 27.4 Å². The topological polar surface area (TPSA) is 70.8 Å². The molecule has 1 aromatic rings. The summed E-state index contributed by atoms with van der Waals surface area (Å²) >= 11 is 12.1. The van der Waals surface area contributed by atoms with Crippen molar-refractivity contribution >= 4 is 29.2 Å². The first-order chi connectivity index (χ1) is 8.99. The van der Waals surface area contributed by atoms with Gasteiger partial charge in [-0.25, -0.2) is 4.79 Å². The van der Waals surface area contributed by atoms with Crippen molar-refractivity contribution in [3.05, 3.63) is 27.7 Å². The van der Waals surface area contributed by atoms with Crippen molar-refractivity contribution in [2.45, 2.75) is 6.04 Å². The lowest BCUT2D eigenvalue weighted by atomic mass is 10.1. The molecule has 0 aliphatic heterocycles. The van der Waals surface area contributed by atoms with Gasteiger partial charge in [-0.1, -0.05) is 23.2 Å². The monoisotopic (exact) mass is 307 g/mol. The van der Waals surface area contributed by atoms with E-state index in [4.69, 9.17) is 38.4 Å². The molecule has 0 aliphatic rings. The molecule has 0 saturated carbocycles. The summed E-state index contributed by atoms with van der Waals surface area (Å²) in [6.45, 7) is -0.0385. The molecule has 0 fully saturated rings. The van der Waals surface area contributed by atoms with E-state index in [1.807, 2.05) is 0 Å². The van der Waals surface area contributed by atoms with E-state index in [0.29, 0.717) is 21.4 Å². The van der Waals surface area contributed by atoms with Gasteiger partial charge >= 0.3 is 5.97 Å². The summed E-state index contributed by atoms with van der Waals surface area (Å²) in [7, 11) is 2.78. The number of nitrogens with two attached hydrogens (primary N) is 1. The Kier molecular flexibility index (Phi) is 6.37. The summed E-state index contributed by atoms with van der Waals surface area (Å²) in [4.78, 5) is 10.9. The Balaban J connectivity index is 2.69. The van der Waals surface area contributed by atoms with Gasteiger partial charge in [0.15, 0.2) is 0 Å². The first-order valence-electron chi connectivity index (χ1n) is 5.42. The summed E-state index contributed by atoms with van der Waals surface area (Å²) in [5, 5.41) is 0.834. The molecule has 19 heavy (non-hydrogen) atoms. The quantitative estimate of drug-likeness (QED) is 0.816. The number of hydrogen-bond acceptors (Lipinski definition) is 5. The first-order valence-corrected chi connectivity index (χ1v) is 6.18. The Hall–Kier alpha value is -1.01. The van der Waals surface area contributed by atoms with Gasteiger partial charge in [0, 0.05) is 11.1 Å². The number of carbonyl (C=O) groups excluding carboxylic acids is 1. The molecule has 1 aromatic carbocycles. The zero-order chi connectivity index (χ0) is 14.4. The van der Waals surface area contributed by atoms with Gasteiger partial charge in [-0.15, -0.1) is 0 Å². The van der Waals surface area contributed by atoms with Crippen LogP contribution in [-0.4, -0.2) is 33.4 Å². The number of benzene rings is 1. The number of rotatable bonds is 6. The molecule has 7 heteroatoms. The van der Waals surface area contributed by atoms with Crippen LogP contribution in [0, 0.1) is 0 Å². The lowest BCUT2D eigenvalue weighted by Gasteiger charge is -2.15. The predicted molar refractivity (Wildman–Crippen MR) is 72.8 cm³/mol. The third kappa shape index (κ3) is 4.54. The molecule has 5 nitrogen and oxygen atoms in total. The molecule has 1 atom stereocenters. The number of ether oxygens (including phenoxy) is 3. The average Bonchev–Trinajstić information content (AvgIpc) is 2.40. The molecule has 0 radical (unpaired) electrons. The Morgan fingerprint density at radius 1 is 1.32 bits per heavy atom. The largest absolute Gasteiger partial charge is 0.495 e. The van der Waals surface area contributed by atoms with E-state index in [-0.39, 0.29) is 13.2 Å². The maximum absolute atomic E-state index is 10.9. The molecule has 1 rings (SSSR count). The summed E-state index contributed by atoms with van der Waals surface area (Å²) in [6, 6.07) is 2.70. The third-order valence-electron chi connectivity index (χ3n) is 2.42. The number of halogens is 2. The number of methoxy groups -OCH3 is 2.